The average molecular weight is 282 g/mol. The van der Waals surface area contributed by atoms with Gasteiger partial charge in [0, 0.05) is 12.6 Å². The van der Waals surface area contributed by atoms with Crippen LogP contribution in [0.5, 0.6) is 0 Å². The van der Waals surface area contributed by atoms with Gasteiger partial charge in [0.15, 0.2) is 0 Å². The van der Waals surface area contributed by atoms with Crippen LogP contribution in [0.3, 0.4) is 0 Å². The molecule has 3 atom stereocenters. The highest BCUT2D eigenvalue weighted by Gasteiger charge is 2.31. The van der Waals surface area contributed by atoms with Crippen molar-refractivity contribution in [3.05, 3.63) is 0 Å². The van der Waals surface area contributed by atoms with Crippen molar-refractivity contribution >= 4 is 12.0 Å². The van der Waals surface area contributed by atoms with Crippen LogP contribution < -0.4 is 10.6 Å². The van der Waals surface area contributed by atoms with Crippen molar-refractivity contribution < 1.29 is 14.7 Å². The summed E-state index contributed by atoms with van der Waals surface area (Å²) < 4.78 is 0. The van der Waals surface area contributed by atoms with Gasteiger partial charge in [-0.15, -0.1) is 0 Å². The Bertz CT molecular complexity index is 355. The zero-order valence-corrected chi connectivity index (χ0v) is 12.2. The lowest BCUT2D eigenvalue weighted by molar-refractivity contribution is -0.144. The maximum absolute atomic E-state index is 11.8. The highest BCUT2D eigenvalue weighted by molar-refractivity contribution is 5.74. The molecule has 3 N–H and O–H groups in total. The summed E-state index contributed by atoms with van der Waals surface area (Å²) in [6.07, 6.45) is 7.31. The van der Waals surface area contributed by atoms with Crippen LogP contribution in [-0.4, -0.2) is 29.7 Å². The summed E-state index contributed by atoms with van der Waals surface area (Å²) in [6, 6.07) is 0.0389. The van der Waals surface area contributed by atoms with Gasteiger partial charge in [-0.2, -0.15) is 0 Å². The van der Waals surface area contributed by atoms with Gasteiger partial charge in [0.25, 0.3) is 0 Å². The molecule has 2 aliphatic carbocycles. The van der Waals surface area contributed by atoms with Crippen molar-refractivity contribution in [3.63, 3.8) is 0 Å². The monoisotopic (exact) mass is 282 g/mol. The molecule has 0 heterocycles. The number of amides is 2. The number of nitrogens with one attached hydrogen (secondary N) is 2. The molecule has 5 heteroatoms. The standard InChI is InChI=1S/C15H26N2O3/c1-10(8-11-6-7-11)17-15(20)16-9-12-4-2-3-5-13(12)14(18)19/h10-13H,2-9H2,1H3,(H,18,19)(H2,16,17,20). The molecule has 0 bridgehead atoms. The van der Waals surface area contributed by atoms with E-state index in [9.17, 15) is 14.7 Å². The fraction of sp³-hybridized carbons (Fsp3) is 0.867. The van der Waals surface area contributed by atoms with Crippen LogP contribution in [0.1, 0.15) is 51.9 Å². The predicted octanol–water partition coefficient (Wildman–Crippen LogP) is 2.37. The SMILES string of the molecule is CC(CC1CC1)NC(=O)NCC1CCCCC1C(=O)O. The number of hydrogen-bond acceptors (Lipinski definition) is 2. The van der Waals surface area contributed by atoms with E-state index in [0.29, 0.717) is 6.54 Å². The highest BCUT2D eigenvalue weighted by Crippen LogP contribution is 2.33. The Balaban J connectivity index is 1.69. The van der Waals surface area contributed by atoms with Gasteiger partial charge in [0.1, 0.15) is 0 Å². The van der Waals surface area contributed by atoms with Crippen molar-refractivity contribution in [2.75, 3.05) is 6.54 Å². The maximum atomic E-state index is 11.8. The number of hydrogen-bond donors (Lipinski definition) is 3. The molecule has 5 nitrogen and oxygen atoms in total. The average Bonchev–Trinajstić information content (AvgIpc) is 3.20. The van der Waals surface area contributed by atoms with Gasteiger partial charge in [-0.1, -0.05) is 25.7 Å². The minimum Gasteiger partial charge on any atom is -0.481 e. The molecule has 0 radical (unpaired) electrons. The zero-order valence-electron chi connectivity index (χ0n) is 12.2. The van der Waals surface area contributed by atoms with Crippen molar-refractivity contribution in [1.82, 2.24) is 10.6 Å². The summed E-state index contributed by atoms with van der Waals surface area (Å²) in [7, 11) is 0. The number of carboxylic acids is 1. The fourth-order valence-electron chi connectivity index (χ4n) is 3.19. The third-order valence-corrected chi connectivity index (χ3v) is 4.51. The van der Waals surface area contributed by atoms with Crippen LogP contribution in [0.2, 0.25) is 0 Å². The second-order valence-electron chi connectivity index (χ2n) is 6.42. The maximum Gasteiger partial charge on any atom is 0.315 e. The molecule has 2 aliphatic rings. The molecule has 2 saturated carbocycles. The summed E-state index contributed by atoms with van der Waals surface area (Å²) in [5, 5.41) is 15.0. The van der Waals surface area contributed by atoms with Gasteiger partial charge in [0.05, 0.1) is 5.92 Å². The minimum atomic E-state index is -0.723. The predicted molar refractivity (Wildman–Crippen MR) is 76.4 cm³/mol. The van der Waals surface area contributed by atoms with Crippen molar-refractivity contribution in [1.29, 1.82) is 0 Å². The van der Waals surface area contributed by atoms with Gasteiger partial charge < -0.3 is 15.7 Å². The fourth-order valence-corrected chi connectivity index (χ4v) is 3.19. The Kier molecular flexibility index (Phi) is 5.26. The first-order valence-corrected chi connectivity index (χ1v) is 7.83. The quantitative estimate of drug-likeness (QED) is 0.700. The summed E-state index contributed by atoms with van der Waals surface area (Å²) in [6.45, 7) is 2.50. The Morgan fingerprint density at radius 2 is 1.90 bits per heavy atom. The number of rotatable bonds is 6. The number of carbonyl (C=O) groups is 2. The highest BCUT2D eigenvalue weighted by atomic mass is 16.4. The molecule has 0 aromatic carbocycles. The van der Waals surface area contributed by atoms with Crippen LogP contribution in [-0.2, 0) is 4.79 Å². The lowest BCUT2D eigenvalue weighted by atomic mass is 9.79. The smallest absolute Gasteiger partial charge is 0.315 e. The first-order valence-electron chi connectivity index (χ1n) is 7.83. The number of urea groups is 1. The van der Waals surface area contributed by atoms with E-state index < -0.39 is 5.97 Å². The third kappa shape index (κ3) is 4.69. The van der Waals surface area contributed by atoms with E-state index in [1.54, 1.807) is 0 Å². The number of carbonyl (C=O) groups excluding carboxylic acids is 1. The van der Waals surface area contributed by atoms with E-state index in [4.69, 9.17) is 0 Å². The molecular weight excluding hydrogens is 256 g/mol. The first-order chi connectivity index (χ1) is 9.56. The molecular formula is C15H26N2O3. The van der Waals surface area contributed by atoms with E-state index in [-0.39, 0.29) is 23.9 Å². The largest absolute Gasteiger partial charge is 0.481 e. The van der Waals surface area contributed by atoms with Gasteiger partial charge in [-0.25, -0.2) is 4.79 Å². The normalized spacial score (nSPS) is 27.6. The van der Waals surface area contributed by atoms with Crippen molar-refractivity contribution in [3.8, 4) is 0 Å². The lowest BCUT2D eigenvalue weighted by Crippen LogP contribution is -2.44. The van der Waals surface area contributed by atoms with Crippen molar-refractivity contribution in [2.45, 2.75) is 57.9 Å². The molecule has 20 heavy (non-hydrogen) atoms. The van der Waals surface area contributed by atoms with E-state index in [1.807, 2.05) is 6.92 Å². The Labute approximate surface area is 120 Å². The molecule has 0 spiro atoms. The molecule has 2 rings (SSSR count). The zero-order chi connectivity index (χ0) is 14.5. The van der Waals surface area contributed by atoms with Crippen LogP contribution in [0.4, 0.5) is 4.79 Å². The first kappa shape index (κ1) is 15.1. The lowest BCUT2D eigenvalue weighted by Gasteiger charge is -2.28. The molecule has 3 unspecified atom stereocenters. The molecule has 0 saturated heterocycles. The summed E-state index contributed by atoms with van der Waals surface area (Å²) in [5.74, 6) is -0.155. The summed E-state index contributed by atoms with van der Waals surface area (Å²) in [5.41, 5.74) is 0. The summed E-state index contributed by atoms with van der Waals surface area (Å²) >= 11 is 0. The topological polar surface area (TPSA) is 78.4 Å². The molecule has 0 aromatic heterocycles. The second-order valence-corrected chi connectivity index (χ2v) is 6.42. The van der Waals surface area contributed by atoms with E-state index in [2.05, 4.69) is 10.6 Å². The Hall–Kier alpha value is -1.26. The Morgan fingerprint density at radius 1 is 1.20 bits per heavy atom. The molecule has 2 amide bonds. The molecule has 0 aliphatic heterocycles. The second kappa shape index (κ2) is 6.95. The van der Waals surface area contributed by atoms with E-state index >= 15 is 0 Å². The van der Waals surface area contributed by atoms with Gasteiger partial charge in [0.2, 0.25) is 0 Å². The van der Waals surface area contributed by atoms with Crippen molar-refractivity contribution in [2.24, 2.45) is 17.8 Å². The van der Waals surface area contributed by atoms with Gasteiger partial charge in [-0.05, 0) is 38.0 Å². The number of aliphatic carboxylic acids is 1. The van der Waals surface area contributed by atoms with Gasteiger partial charge in [-0.3, -0.25) is 4.79 Å². The van der Waals surface area contributed by atoms with Crippen LogP contribution in [0.25, 0.3) is 0 Å². The third-order valence-electron chi connectivity index (χ3n) is 4.51. The van der Waals surface area contributed by atoms with Crippen LogP contribution in [0.15, 0.2) is 0 Å². The van der Waals surface area contributed by atoms with E-state index in [1.165, 1.54) is 12.8 Å². The number of carboxylic acid groups (broad SMARTS) is 1. The molecule has 0 aromatic rings. The van der Waals surface area contributed by atoms with Gasteiger partial charge >= 0.3 is 12.0 Å². The molecule has 2 fully saturated rings. The minimum absolute atomic E-state index is 0.0748. The van der Waals surface area contributed by atoms with E-state index in [0.717, 1.165) is 38.0 Å². The van der Waals surface area contributed by atoms with Crippen LogP contribution in [0, 0.1) is 17.8 Å². The Morgan fingerprint density at radius 3 is 2.55 bits per heavy atom. The van der Waals surface area contributed by atoms with Crippen LogP contribution >= 0.6 is 0 Å². The summed E-state index contributed by atoms with van der Waals surface area (Å²) in [4.78, 5) is 23.0. The molecule has 114 valence electrons.